The Bertz CT molecular complexity index is 1000. The Hall–Kier alpha value is -3.12. The molecule has 0 fully saturated rings. The lowest BCUT2D eigenvalue weighted by Gasteiger charge is -2.21. The molecule has 4 rings (SSSR count). The van der Waals surface area contributed by atoms with Crippen LogP contribution in [0.2, 0.25) is 0 Å². The van der Waals surface area contributed by atoms with Crippen LogP contribution in [-0.4, -0.2) is 16.6 Å². The number of benzene rings is 2. The van der Waals surface area contributed by atoms with Crippen molar-refractivity contribution in [2.75, 3.05) is 5.32 Å². The molecular weight excluding hydrogens is 344 g/mol. The third kappa shape index (κ3) is 3.32. The molecule has 1 aromatic heterocycles. The number of hydrogen-bond acceptors (Lipinski definition) is 5. The second kappa shape index (κ2) is 7.01. The van der Waals surface area contributed by atoms with E-state index in [0.717, 1.165) is 27.5 Å². The molecule has 3 aromatic rings. The van der Waals surface area contributed by atoms with Gasteiger partial charge in [0.2, 0.25) is 0 Å². The van der Waals surface area contributed by atoms with Gasteiger partial charge in [0.05, 0.1) is 17.1 Å². The number of carbonyl (C=O) groups is 1. The van der Waals surface area contributed by atoms with E-state index in [4.69, 9.17) is 0 Å². The predicted molar refractivity (Wildman–Crippen MR) is 104 cm³/mol. The van der Waals surface area contributed by atoms with Gasteiger partial charge in [-0.25, -0.2) is 5.43 Å². The van der Waals surface area contributed by atoms with Crippen molar-refractivity contribution in [2.45, 2.75) is 16.7 Å². The van der Waals surface area contributed by atoms with Gasteiger partial charge in [-0.1, -0.05) is 36.0 Å². The van der Waals surface area contributed by atoms with Crippen LogP contribution in [0.1, 0.15) is 23.0 Å². The molecule has 0 spiro atoms. The highest BCUT2D eigenvalue weighted by Gasteiger charge is 2.16. The van der Waals surface area contributed by atoms with Crippen LogP contribution in [-0.2, 0) is 0 Å². The van der Waals surface area contributed by atoms with E-state index in [0.29, 0.717) is 5.69 Å². The van der Waals surface area contributed by atoms with E-state index in [-0.39, 0.29) is 5.91 Å². The molecule has 0 unspecified atom stereocenters. The second-order valence-electron chi connectivity index (χ2n) is 5.79. The molecule has 0 atom stereocenters. The van der Waals surface area contributed by atoms with Crippen molar-refractivity contribution in [1.29, 1.82) is 0 Å². The van der Waals surface area contributed by atoms with E-state index in [9.17, 15) is 4.79 Å². The standard InChI is InChI=1S/C20H16N4OS/c1-13(23-24-20(25)16-7-4-5-11-21-16)14-9-10-19-17(12-14)22-15-6-2-3-8-18(15)26-19/h2-12,22H,1H3,(H,24,25)/b23-13-. The number of aromatic nitrogens is 1. The van der Waals surface area contributed by atoms with Crippen LogP contribution >= 0.6 is 11.8 Å². The van der Waals surface area contributed by atoms with Crippen LogP contribution in [0.5, 0.6) is 0 Å². The summed E-state index contributed by atoms with van der Waals surface area (Å²) in [6, 6.07) is 19.5. The van der Waals surface area contributed by atoms with Crippen LogP contribution in [0, 0.1) is 0 Å². The number of hydrazone groups is 1. The topological polar surface area (TPSA) is 66.4 Å². The fraction of sp³-hybridized carbons (Fsp3) is 0.0500. The number of rotatable bonds is 3. The molecular formula is C20H16N4OS. The second-order valence-corrected chi connectivity index (χ2v) is 6.87. The monoisotopic (exact) mass is 360 g/mol. The summed E-state index contributed by atoms with van der Waals surface area (Å²) in [5.41, 5.74) is 6.69. The average molecular weight is 360 g/mol. The van der Waals surface area contributed by atoms with Crippen molar-refractivity contribution in [3.8, 4) is 0 Å². The summed E-state index contributed by atoms with van der Waals surface area (Å²) < 4.78 is 0. The van der Waals surface area contributed by atoms with E-state index < -0.39 is 0 Å². The molecule has 0 saturated carbocycles. The van der Waals surface area contributed by atoms with Crippen LogP contribution in [0.15, 0.2) is 81.8 Å². The van der Waals surface area contributed by atoms with Crippen LogP contribution < -0.4 is 10.7 Å². The first kappa shape index (κ1) is 16.4. The third-order valence-corrected chi connectivity index (χ3v) is 5.15. The van der Waals surface area contributed by atoms with Crippen molar-refractivity contribution in [2.24, 2.45) is 5.10 Å². The van der Waals surface area contributed by atoms with Crippen LogP contribution in [0.25, 0.3) is 0 Å². The lowest BCUT2D eigenvalue weighted by molar-refractivity contribution is 0.0950. The summed E-state index contributed by atoms with van der Waals surface area (Å²) in [6.45, 7) is 1.87. The molecule has 128 valence electrons. The maximum atomic E-state index is 12.1. The van der Waals surface area contributed by atoms with Gasteiger partial charge in [0.15, 0.2) is 0 Å². The zero-order chi connectivity index (χ0) is 17.9. The number of hydrogen-bond donors (Lipinski definition) is 2. The fourth-order valence-electron chi connectivity index (χ4n) is 2.62. The number of para-hydroxylation sites is 1. The highest BCUT2D eigenvalue weighted by atomic mass is 32.2. The maximum Gasteiger partial charge on any atom is 0.289 e. The minimum atomic E-state index is -0.328. The van der Waals surface area contributed by atoms with E-state index in [1.54, 1.807) is 36.2 Å². The minimum Gasteiger partial charge on any atom is -0.354 e. The lowest BCUT2D eigenvalue weighted by atomic mass is 10.1. The molecule has 0 radical (unpaired) electrons. The van der Waals surface area contributed by atoms with Crippen molar-refractivity contribution in [3.63, 3.8) is 0 Å². The molecule has 1 amide bonds. The molecule has 26 heavy (non-hydrogen) atoms. The van der Waals surface area contributed by atoms with Gasteiger partial charge in [-0.05, 0) is 48.9 Å². The molecule has 0 saturated heterocycles. The number of carbonyl (C=O) groups excluding carboxylic acids is 1. The number of amides is 1. The molecule has 2 aromatic carbocycles. The molecule has 6 heteroatoms. The van der Waals surface area contributed by atoms with Crippen LogP contribution in [0.3, 0.4) is 0 Å². The van der Waals surface area contributed by atoms with Gasteiger partial charge in [-0.15, -0.1) is 0 Å². The Kier molecular flexibility index (Phi) is 4.41. The zero-order valence-corrected chi connectivity index (χ0v) is 14.9. The highest BCUT2D eigenvalue weighted by Crippen LogP contribution is 2.44. The molecule has 2 heterocycles. The maximum absolute atomic E-state index is 12.1. The minimum absolute atomic E-state index is 0.328. The number of nitrogens with zero attached hydrogens (tertiary/aromatic N) is 2. The van der Waals surface area contributed by atoms with E-state index >= 15 is 0 Å². The van der Waals surface area contributed by atoms with Crippen molar-refractivity contribution in [1.82, 2.24) is 10.4 Å². The van der Waals surface area contributed by atoms with Crippen molar-refractivity contribution in [3.05, 3.63) is 78.1 Å². The quantitative estimate of drug-likeness (QED) is 0.419. The molecule has 1 aliphatic heterocycles. The van der Waals surface area contributed by atoms with Crippen molar-refractivity contribution >= 4 is 34.8 Å². The van der Waals surface area contributed by atoms with Gasteiger partial charge < -0.3 is 5.32 Å². The van der Waals surface area contributed by atoms with Gasteiger partial charge >= 0.3 is 0 Å². The first-order valence-corrected chi connectivity index (χ1v) is 8.96. The van der Waals surface area contributed by atoms with Gasteiger partial charge in [-0.2, -0.15) is 5.10 Å². The Morgan fingerprint density at radius 1 is 1.04 bits per heavy atom. The smallest absolute Gasteiger partial charge is 0.289 e. The van der Waals surface area contributed by atoms with E-state index in [2.05, 4.69) is 39.0 Å². The van der Waals surface area contributed by atoms with Crippen LogP contribution in [0.4, 0.5) is 11.4 Å². The molecule has 1 aliphatic rings. The Balaban J connectivity index is 1.53. The molecule has 0 bridgehead atoms. The Morgan fingerprint density at radius 2 is 1.85 bits per heavy atom. The average Bonchev–Trinajstić information content (AvgIpc) is 2.70. The summed E-state index contributed by atoms with van der Waals surface area (Å²) in [6.07, 6.45) is 1.58. The normalized spacial score (nSPS) is 12.6. The van der Waals surface area contributed by atoms with Gasteiger partial charge in [0.1, 0.15) is 5.69 Å². The summed E-state index contributed by atoms with van der Waals surface area (Å²) in [5, 5.41) is 7.66. The summed E-state index contributed by atoms with van der Waals surface area (Å²) in [7, 11) is 0. The first-order chi connectivity index (χ1) is 12.7. The van der Waals surface area contributed by atoms with Gasteiger partial charge in [0, 0.05) is 16.0 Å². The van der Waals surface area contributed by atoms with Crippen molar-refractivity contribution < 1.29 is 4.79 Å². The SMILES string of the molecule is C/C(=N/NC(=O)c1ccccn1)c1ccc2c(c1)Nc1ccccc1S2. The van der Waals surface area contributed by atoms with E-state index in [1.807, 2.05) is 31.2 Å². The summed E-state index contributed by atoms with van der Waals surface area (Å²) in [5.74, 6) is -0.328. The number of nitrogens with one attached hydrogen (secondary N) is 2. The highest BCUT2D eigenvalue weighted by molar-refractivity contribution is 7.99. The Labute approximate surface area is 155 Å². The Morgan fingerprint density at radius 3 is 2.69 bits per heavy atom. The van der Waals surface area contributed by atoms with Gasteiger partial charge in [-0.3, -0.25) is 9.78 Å². The van der Waals surface area contributed by atoms with E-state index in [1.165, 1.54) is 4.90 Å². The summed E-state index contributed by atoms with van der Waals surface area (Å²) in [4.78, 5) is 18.4. The predicted octanol–water partition coefficient (Wildman–Crippen LogP) is 4.44. The lowest BCUT2D eigenvalue weighted by Crippen LogP contribution is -2.20. The molecule has 0 aliphatic carbocycles. The largest absolute Gasteiger partial charge is 0.354 e. The zero-order valence-electron chi connectivity index (χ0n) is 14.1. The number of fused-ring (bicyclic) bond motifs is 2. The van der Waals surface area contributed by atoms with Gasteiger partial charge in [0.25, 0.3) is 5.91 Å². The number of pyridine rings is 1. The number of anilines is 2. The summed E-state index contributed by atoms with van der Waals surface area (Å²) >= 11 is 1.74. The first-order valence-electron chi connectivity index (χ1n) is 8.15. The third-order valence-electron chi connectivity index (χ3n) is 4.00. The fourth-order valence-corrected chi connectivity index (χ4v) is 3.59. The molecule has 5 nitrogen and oxygen atoms in total. The molecule has 2 N–H and O–H groups in total.